The molecule has 2 fully saturated rings. The first-order valence-electron chi connectivity index (χ1n) is 10.4. The molecule has 2 atom stereocenters. The second kappa shape index (κ2) is 6.52. The van der Waals surface area contributed by atoms with Gasteiger partial charge in [-0.25, -0.2) is 9.97 Å². The molecule has 2 aliphatic rings. The summed E-state index contributed by atoms with van der Waals surface area (Å²) < 4.78 is 3.32. The van der Waals surface area contributed by atoms with Crippen molar-refractivity contribution in [3.63, 3.8) is 0 Å². The summed E-state index contributed by atoms with van der Waals surface area (Å²) in [6.07, 6.45) is 3.28. The van der Waals surface area contributed by atoms with E-state index in [1.54, 1.807) is 28.8 Å². The van der Waals surface area contributed by atoms with Crippen LogP contribution in [0.1, 0.15) is 26.5 Å². The van der Waals surface area contributed by atoms with E-state index in [-0.39, 0.29) is 11.0 Å². The van der Waals surface area contributed by atoms with Crippen LogP contribution in [-0.4, -0.2) is 55.5 Å². The van der Waals surface area contributed by atoms with Crippen molar-refractivity contribution in [3.05, 3.63) is 34.6 Å². The van der Waals surface area contributed by atoms with Crippen LogP contribution in [0.25, 0.3) is 11.0 Å². The lowest BCUT2D eigenvalue weighted by molar-refractivity contribution is 0.533. The first-order valence-corrected chi connectivity index (χ1v) is 10.4. The van der Waals surface area contributed by atoms with Crippen LogP contribution < -0.4 is 15.4 Å². The van der Waals surface area contributed by atoms with Crippen molar-refractivity contribution in [3.8, 4) is 0 Å². The van der Waals surface area contributed by atoms with E-state index in [2.05, 4.69) is 51.7 Å². The van der Waals surface area contributed by atoms with Gasteiger partial charge in [0.1, 0.15) is 17.5 Å². The zero-order valence-corrected chi connectivity index (χ0v) is 18.2. The Hall–Kier alpha value is -2.97. The van der Waals surface area contributed by atoms with Gasteiger partial charge in [-0.15, -0.1) is 0 Å². The molecule has 2 saturated heterocycles. The van der Waals surface area contributed by atoms with Crippen LogP contribution in [0.2, 0.25) is 0 Å². The number of aryl methyl sites for hydroxylation is 1. The lowest BCUT2D eigenvalue weighted by Gasteiger charge is -2.25. The van der Waals surface area contributed by atoms with Crippen molar-refractivity contribution in [2.75, 3.05) is 36.0 Å². The van der Waals surface area contributed by atoms with Gasteiger partial charge in [0.25, 0.3) is 5.56 Å². The number of fused-ring (bicyclic) bond motifs is 2. The molecule has 3 aromatic rings. The Morgan fingerprint density at radius 3 is 2.33 bits per heavy atom. The van der Waals surface area contributed by atoms with Gasteiger partial charge in [-0.3, -0.25) is 14.0 Å². The van der Waals surface area contributed by atoms with Gasteiger partial charge >= 0.3 is 0 Å². The van der Waals surface area contributed by atoms with Gasteiger partial charge in [-0.2, -0.15) is 10.1 Å². The summed E-state index contributed by atoms with van der Waals surface area (Å²) in [5.41, 5.74) is 1.67. The number of hydrogen-bond donors (Lipinski definition) is 0. The predicted molar refractivity (Wildman–Crippen MR) is 116 cm³/mol. The molecular formula is C21H28N8O. The summed E-state index contributed by atoms with van der Waals surface area (Å²) in [4.78, 5) is 31.1. The number of nitrogens with zero attached hydrogens (tertiary/aromatic N) is 8. The molecule has 2 unspecified atom stereocenters. The Labute approximate surface area is 175 Å². The maximum Gasteiger partial charge on any atom is 0.265 e. The third-order valence-electron chi connectivity index (χ3n) is 6.46. The molecule has 3 aromatic heterocycles. The van der Waals surface area contributed by atoms with Gasteiger partial charge in [-0.1, -0.05) is 20.8 Å². The largest absolute Gasteiger partial charge is 0.356 e. The van der Waals surface area contributed by atoms with Crippen LogP contribution in [-0.2, 0) is 19.5 Å². The van der Waals surface area contributed by atoms with Gasteiger partial charge in [0.15, 0.2) is 5.65 Å². The highest BCUT2D eigenvalue weighted by Crippen LogP contribution is 2.35. The summed E-state index contributed by atoms with van der Waals surface area (Å²) in [7, 11) is 3.62. The van der Waals surface area contributed by atoms with Gasteiger partial charge in [0.2, 0.25) is 5.95 Å². The van der Waals surface area contributed by atoms with Crippen molar-refractivity contribution < 1.29 is 0 Å². The van der Waals surface area contributed by atoms with Crippen LogP contribution in [0.3, 0.4) is 0 Å². The van der Waals surface area contributed by atoms with E-state index < -0.39 is 0 Å². The van der Waals surface area contributed by atoms with E-state index >= 15 is 0 Å². The van der Waals surface area contributed by atoms with Gasteiger partial charge < -0.3 is 9.80 Å². The van der Waals surface area contributed by atoms with Crippen LogP contribution in [0.5, 0.6) is 0 Å². The minimum absolute atomic E-state index is 0.00495. The highest BCUT2D eigenvalue weighted by Gasteiger charge is 2.41. The van der Waals surface area contributed by atoms with E-state index in [1.807, 2.05) is 7.05 Å². The quantitative estimate of drug-likeness (QED) is 0.632. The SMILES string of the molecule is Cn1c(N2CC3CN(c4cc(C(C)(C)C)ncn4)CC3C2)nc2c(cnn2C)c1=O. The number of hydrogen-bond acceptors (Lipinski definition) is 7. The first-order chi connectivity index (χ1) is 14.2. The molecule has 2 aliphatic heterocycles. The van der Waals surface area contributed by atoms with Crippen molar-refractivity contribution in [2.45, 2.75) is 26.2 Å². The molecular weight excluding hydrogens is 380 g/mol. The van der Waals surface area contributed by atoms with Crippen LogP contribution in [0.4, 0.5) is 11.8 Å². The molecule has 9 heteroatoms. The second-order valence-electron chi connectivity index (χ2n) is 9.62. The average Bonchev–Trinajstić information content (AvgIpc) is 3.37. The van der Waals surface area contributed by atoms with E-state index in [4.69, 9.17) is 4.98 Å². The summed E-state index contributed by atoms with van der Waals surface area (Å²) >= 11 is 0. The maximum absolute atomic E-state index is 12.7. The minimum atomic E-state index is -0.0440. The monoisotopic (exact) mass is 408 g/mol. The summed E-state index contributed by atoms with van der Waals surface area (Å²) in [5.74, 6) is 2.79. The fraction of sp³-hybridized carbons (Fsp3) is 0.571. The molecule has 0 aliphatic carbocycles. The molecule has 5 rings (SSSR count). The average molecular weight is 409 g/mol. The lowest BCUT2D eigenvalue weighted by Crippen LogP contribution is -2.34. The molecule has 30 heavy (non-hydrogen) atoms. The van der Waals surface area contributed by atoms with Crippen LogP contribution >= 0.6 is 0 Å². The Morgan fingerprint density at radius 2 is 1.67 bits per heavy atom. The van der Waals surface area contributed by atoms with Gasteiger partial charge in [-0.05, 0) is 0 Å². The van der Waals surface area contributed by atoms with E-state index in [1.165, 1.54) is 0 Å². The molecule has 0 radical (unpaired) electrons. The van der Waals surface area contributed by atoms with Crippen molar-refractivity contribution in [1.29, 1.82) is 0 Å². The van der Waals surface area contributed by atoms with Crippen molar-refractivity contribution in [1.82, 2.24) is 29.3 Å². The standard InChI is InChI=1S/C21H28N8O/c1-21(2,3)16-6-17(23-12-22-16)28-8-13-10-29(11-14(13)9-28)20-25-18-15(7-24-27(18)5)19(30)26(20)4/h6-7,12-14H,8-11H2,1-5H3. The summed E-state index contributed by atoms with van der Waals surface area (Å²) in [5, 5.41) is 4.76. The molecule has 158 valence electrons. The lowest BCUT2D eigenvalue weighted by atomic mass is 9.92. The Balaban J connectivity index is 1.37. The molecule has 5 heterocycles. The zero-order chi connectivity index (χ0) is 21.2. The fourth-order valence-electron chi connectivity index (χ4n) is 4.71. The van der Waals surface area contributed by atoms with Crippen molar-refractivity contribution in [2.24, 2.45) is 25.9 Å². The molecule has 0 spiro atoms. The highest BCUT2D eigenvalue weighted by molar-refractivity contribution is 5.74. The topological polar surface area (TPSA) is 85.0 Å². The summed E-state index contributed by atoms with van der Waals surface area (Å²) in [6.45, 7) is 10.2. The highest BCUT2D eigenvalue weighted by atomic mass is 16.1. The zero-order valence-electron chi connectivity index (χ0n) is 18.2. The molecule has 0 aromatic carbocycles. The van der Waals surface area contributed by atoms with E-state index in [9.17, 15) is 4.79 Å². The van der Waals surface area contributed by atoms with E-state index in [0.717, 1.165) is 43.6 Å². The fourth-order valence-corrected chi connectivity index (χ4v) is 4.71. The Bertz CT molecular complexity index is 1160. The molecule has 0 bridgehead atoms. The molecule has 9 nitrogen and oxygen atoms in total. The number of rotatable bonds is 2. The minimum Gasteiger partial charge on any atom is -0.356 e. The predicted octanol–water partition coefficient (Wildman–Crippen LogP) is 1.33. The van der Waals surface area contributed by atoms with E-state index in [0.29, 0.717) is 22.9 Å². The number of anilines is 2. The Morgan fingerprint density at radius 1 is 1.00 bits per heavy atom. The molecule has 0 N–H and O–H groups in total. The van der Waals surface area contributed by atoms with Gasteiger partial charge in [0, 0.05) is 63.6 Å². The van der Waals surface area contributed by atoms with Crippen LogP contribution in [0.15, 0.2) is 23.4 Å². The van der Waals surface area contributed by atoms with Crippen molar-refractivity contribution >= 4 is 22.8 Å². The normalized spacial score (nSPS) is 21.6. The number of aromatic nitrogens is 6. The third-order valence-corrected chi connectivity index (χ3v) is 6.46. The summed E-state index contributed by atoms with van der Waals surface area (Å²) in [6, 6.07) is 2.13. The Kier molecular flexibility index (Phi) is 4.13. The molecule has 0 saturated carbocycles. The maximum atomic E-state index is 12.7. The first kappa shape index (κ1) is 19.0. The van der Waals surface area contributed by atoms with Gasteiger partial charge in [0.05, 0.1) is 11.9 Å². The van der Waals surface area contributed by atoms with Crippen LogP contribution in [0, 0.1) is 11.8 Å². The third kappa shape index (κ3) is 2.95. The smallest absolute Gasteiger partial charge is 0.265 e. The second-order valence-corrected chi connectivity index (χ2v) is 9.62. The molecule has 0 amide bonds.